The normalized spacial score (nSPS) is 19.2. The second kappa shape index (κ2) is 13.5. The van der Waals surface area contributed by atoms with Crippen molar-refractivity contribution in [1.29, 1.82) is 0 Å². The number of hydrogen-bond acceptors (Lipinski definition) is 7. The zero-order valence-corrected chi connectivity index (χ0v) is 26.9. The maximum absolute atomic E-state index is 12.6. The number of likely N-dealkylation sites (N-methyl/N-ethyl adjacent to an activating group) is 1. The number of hydrogen-bond donors (Lipinski definition) is 0. The fourth-order valence-corrected chi connectivity index (χ4v) is 7.19. The minimum atomic E-state index is -0.226. The Morgan fingerprint density at radius 3 is 2.69 bits per heavy atom. The van der Waals surface area contributed by atoms with Crippen molar-refractivity contribution in [3.05, 3.63) is 77.3 Å². The summed E-state index contributed by atoms with van der Waals surface area (Å²) >= 11 is 0. The van der Waals surface area contributed by atoms with Gasteiger partial charge in [-0.05, 0) is 62.7 Å². The van der Waals surface area contributed by atoms with Gasteiger partial charge in [-0.3, -0.25) is 9.69 Å². The first-order valence-corrected chi connectivity index (χ1v) is 16.4. The number of benzene rings is 2. The van der Waals surface area contributed by atoms with Crippen molar-refractivity contribution in [2.75, 3.05) is 56.2 Å². The van der Waals surface area contributed by atoms with E-state index in [1.165, 1.54) is 47.4 Å². The second-order valence-corrected chi connectivity index (χ2v) is 12.7. The molecule has 45 heavy (non-hydrogen) atoms. The highest BCUT2D eigenvalue weighted by atomic mass is 16.5. The molecule has 0 unspecified atom stereocenters. The molecule has 6 rings (SSSR count). The van der Waals surface area contributed by atoms with E-state index in [0.29, 0.717) is 50.9 Å². The van der Waals surface area contributed by atoms with Crippen LogP contribution in [0.5, 0.6) is 6.01 Å². The SMILES string of the molecule is [C-]#[N+]C[C@H]1CN(c2nc(OC[C@H](CC)N(C)C3CCC3)nc3c2CCN(c2cccc4cccc(C)c24)C3)CCN1C(=O)C=C. The number of carbonyl (C=O) groups is 1. The van der Waals surface area contributed by atoms with Gasteiger partial charge < -0.3 is 24.3 Å². The van der Waals surface area contributed by atoms with Crippen molar-refractivity contribution >= 4 is 28.2 Å². The summed E-state index contributed by atoms with van der Waals surface area (Å²) in [5.41, 5.74) is 4.61. The Labute approximate surface area is 267 Å². The number of nitrogens with zero attached hydrogens (tertiary/aromatic N) is 7. The first-order chi connectivity index (χ1) is 21.9. The van der Waals surface area contributed by atoms with Gasteiger partial charge >= 0.3 is 6.01 Å². The number of ether oxygens (including phenoxy) is 1. The lowest BCUT2D eigenvalue weighted by Crippen LogP contribution is -2.56. The minimum absolute atomic E-state index is 0.126. The smallest absolute Gasteiger partial charge is 0.318 e. The number of amides is 1. The highest BCUT2D eigenvalue weighted by Crippen LogP contribution is 2.36. The van der Waals surface area contributed by atoms with Crippen molar-refractivity contribution in [3.8, 4) is 6.01 Å². The third kappa shape index (κ3) is 6.21. The zero-order chi connectivity index (χ0) is 31.5. The minimum Gasteiger partial charge on any atom is -0.462 e. The van der Waals surface area contributed by atoms with Crippen LogP contribution in [0.3, 0.4) is 0 Å². The summed E-state index contributed by atoms with van der Waals surface area (Å²) in [6, 6.07) is 14.1. The lowest BCUT2D eigenvalue weighted by atomic mass is 9.90. The molecule has 0 bridgehead atoms. The molecule has 0 radical (unpaired) electrons. The molecule has 1 amide bonds. The predicted octanol–water partition coefficient (Wildman–Crippen LogP) is 5.27. The van der Waals surface area contributed by atoms with Gasteiger partial charge in [-0.1, -0.05) is 50.3 Å². The van der Waals surface area contributed by atoms with Crippen molar-refractivity contribution in [3.63, 3.8) is 0 Å². The molecule has 2 aliphatic heterocycles. The monoisotopic (exact) mass is 607 g/mol. The van der Waals surface area contributed by atoms with Gasteiger partial charge in [0.1, 0.15) is 18.5 Å². The van der Waals surface area contributed by atoms with Crippen molar-refractivity contribution in [1.82, 2.24) is 19.8 Å². The summed E-state index contributed by atoms with van der Waals surface area (Å²) in [7, 11) is 2.21. The number of piperazine rings is 1. The largest absolute Gasteiger partial charge is 0.462 e. The van der Waals surface area contributed by atoms with Crippen LogP contribution >= 0.6 is 0 Å². The quantitative estimate of drug-likeness (QED) is 0.230. The number of anilines is 2. The molecule has 2 atom stereocenters. The molecule has 0 spiro atoms. The van der Waals surface area contributed by atoms with Gasteiger partial charge in [0.15, 0.2) is 0 Å². The third-order valence-corrected chi connectivity index (χ3v) is 10.1. The van der Waals surface area contributed by atoms with Crippen LogP contribution < -0.4 is 14.5 Å². The number of rotatable bonds is 10. The van der Waals surface area contributed by atoms with Crippen LogP contribution in [-0.4, -0.2) is 90.2 Å². The molecule has 2 aromatic carbocycles. The molecule has 2 fully saturated rings. The Bertz CT molecular complexity index is 1590. The van der Waals surface area contributed by atoms with E-state index >= 15 is 0 Å². The van der Waals surface area contributed by atoms with E-state index in [-0.39, 0.29) is 18.5 Å². The fourth-order valence-electron chi connectivity index (χ4n) is 7.19. The van der Waals surface area contributed by atoms with E-state index in [0.717, 1.165) is 36.5 Å². The van der Waals surface area contributed by atoms with Gasteiger partial charge in [-0.25, -0.2) is 6.57 Å². The van der Waals surface area contributed by atoms with Crippen LogP contribution in [-0.2, 0) is 17.8 Å². The Morgan fingerprint density at radius 1 is 1.18 bits per heavy atom. The molecule has 1 saturated heterocycles. The number of fused-ring (bicyclic) bond motifs is 2. The standard InChI is InChI=1S/C36H45N7O2/c1-6-27(40(5)28-14-10-15-28)24-45-36-38-31-23-41(32-16-9-13-26-12-8-11-25(3)34(26)32)18-17-30(31)35(39-36)42-19-20-43(33(44)7-2)29(22-42)21-37-4/h7-9,11-13,16,27-29H,2,6,10,14-15,17-24H2,1,3,5H3/t27-,29-/m0/s1. The number of aryl methyl sites for hydroxylation is 1. The maximum atomic E-state index is 12.6. The summed E-state index contributed by atoms with van der Waals surface area (Å²) in [5, 5.41) is 2.52. The first-order valence-electron chi connectivity index (χ1n) is 16.4. The molecular weight excluding hydrogens is 562 g/mol. The van der Waals surface area contributed by atoms with Crippen molar-refractivity contribution in [2.45, 2.75) is 70.6 Å². The average molecular weight is 608 g/mol. The predicted molar refractivity (Wildman–Crippen MR) is 180 cm³/mol. The molecule has 3 heterocycles. The van der Waals surface area contributed by atoms with E-state index in [9.17, 15) is 4.79 Å². The second-order valence-electron chi connectivity index (χ2n) is 12.7. The third-order valence-electron chi connectivity index (χ3n) is 10.1. The number of carbonyl (C=O) groups excluding carboxylic acids is 1. The summed E-state index contributed by atoms with van der Waals surface area (Å²) in [4.78, 5) is 35.3. The summed E-state index contributed by atoms with van der Waals surface area (Å²) in [5.74, 6) is 0.754. The van der Waals surface area contributed by atoms with Crippen LogP contribution in [0, 0.1) is 13.5 Å². The zero-order valence-electron chi connectivity index (χ0n) is 26.9. The molecule has 236 valence electrons. The summed E-state index contributed by atoms with van der Waals surface area (Å²) in [6.45, 7) is 19.6. The molecule has 3 aromatic rings. The topological polar surface area (TPSA) is 69.4 Å². The van der Waals surface area contributed by atoms with Crippen LogP contribution in [0.25, 0.3) is 15.6 Å². The number of aromatic nitrogens is 2. The molecule has 3 aliphatic rings. The average Bonchev–Trinajstić information content (AvgIpc) is 3.03. The van der Waals surface area contributed by atoms with Crippen molar-refractivity contribution in [2.24, 2.45) is 0 Å². The van der Waals surface area contributed by atoms with Crippen LogP contribution in [0.1, 0.15) is 49.4 Å². The van der Waals surface area contributed by atoms with Crippen molar-refractivity contribution < 1.29 is 9.53 Å². The van der Waals surface area contributed by atoms with E-state index < -0.39 is 0 Å². The van der Waals surface area contributed by atoms with Gasteiger partial charge in [-0.15, -0.1) is 0 Å². The van der Waals surface area contributed by atoms with Crippen LogP contribution in [0.2, 0.25) is 0 Å². The summed E-state index contributed by atoms with van der Waals surface area (Å²) < 4.78 is 6.44. The lowest BCUT2D eigenvalue weighted by molar-refractivity contribution is -0.128. The Kier molecular flexibility index (Phi) is 9.22. The van der Waals surface area contributed by atoms with Gasteiger partial charge in [0, 0.05) is 54.9 Å². The molecule has 9 nitrogen and oxygen atoms in total. The molecular formula is C36H45N7O2. The highest BCUT2D eigenvalue weighted by Gasteiger charge is 2.35. The van der Waals surface area contributed by atoms with Gasteiger partial charge in [0.05, 0.1) is 12.2 Å². The molecule has 9 heteroatoms. The molecule has 0 N–H and O–H groups in total. The van der Waals surface area contributed by atoms with Crippen LogP contribution in [0.4, 0.5) is 11.5 Å². The summed E-state index contributed by atoms with van der Waals surface area (Å²) in [6.07, 6.45) is 6.95. The van der Waals surface area contributed by atoms with E-state index in [1.807, 2.05) is 0 Å². The highest BCUT2D eigenvalue weighted by molar-refractivity contribution is 5.97. The van der Waals surface area contributed by atoms with Gasteiger partial charge in [0.2, 0.25) is 12.5 Å². The van der Waals surface area contributed by atoms with Crippen LogP contribution in [0.15, 0.2) is 49.1 Å². The van der Waals surface area contributed by atoms with Gasteiger partial charge in [0.25, 0.3) is 0 Å². The Morgan fingerprint density at radius 2 is 1.98 bits per heavy atom. The Hall–Kier alpha value is -4.16. The first kappa shape index (κ1) is 30.8. The van der Waals surface area contributed by atoms with E-state index in [1.54, 1.807) is 4.90 Å². The molecule has 1 aromatic heterocycles. The van der Waals surface area contributed by atoms with Gasteiger partial charge in [-0.2, -0.15) is 9.97 Å². The molecule has 1 aliphatic carbocycles. The fraction of sp³-hybridized carbons (Fsp3) is 0.500. The van der Waals surface area contributed by atoms with E-state index in [2.05, 4.69) is 83.4 Å². The van der Waals surface area contributed by atoms with E-state index in [4.69, 9.17) is 21.3 Å². The molecule has 1 saturated carbocycles. The lowest BCUT2D eigenvalue weighted by Gasteiger charge is -2.41. The maximum Gasteiger partial charge on any atom is 0.318 e. The Balaban J connectivity index is 1.33.